The number of amides is 1. The molecule has 1 aliphatic rings. The molecule has 0 bridgehead atoms. The molecule has 1 N–H and O–H groups in total. The number of nitrogens with zero attached hydrogens (tertiary/aromatic N) is 1. The van der Waals surface area contributed by atoms with E-state index in [0.29, 0.717) is 18.8 Å². The fraction of sp³-hybridized carbons (Fsp3) is 0.462. The average molecular weight is 286 g/mol. The third kappa shape index (κ3) is 3.64. The number of benzene rings is 1. The van der Waals surface area contributed by atoms with Crippen LogP contribution in [0.2, 0.25) is 5.02 Å². The molecule has 1 amide bonds. The molecule has 0 aromatic heterocycles. The molecule has 1 saturated heterocycles. The van der Waals surface area contributed by atoms with Crippen molar-refractivity contribution in [3.63, 3.8) is 0 Å². The first kappa shape index (κ1) is 13.7. The van der Waals surface area contributed by atoms with Crippen molar-refractivity contribution in [1.82, 2.24) is 4.90 Å². The zero-order valence-electron chi connectivity index (χ0n) is 10.0. The molecule has 1 aromatic carbocycles. The number of aliphatic hydroxyl groups is 1. The number of hydrogen-bond donors (Lipinski definition) is 1. The Morgan fingerprint density at radius 2 is 2.28 bits per heavy atom. The lowest BCUT2D eigenvalue weighted by Crippen LogP contribution is -2.51. The monoisotopic (exact) mass is 285 g/mol. The minimum atomic E-state index is 0.159. The van der Waals surface area contributed by atoms with Gasteiger partial charge in [0, 0.05) is 36.4 Å². The van der Waals surface area contributed by atoms with Crippen LogP contribution in [-0.4, -0.2) is 41.4 Å². The van der Waals surface area contributed by atoms with Crippen LogP contribution in [0.15, 0.2) is 24.3 Å². The van der Waals surface area contributed by atoms with Crippen LogP contribution in [0.5, 0.6) is 0 Å². The molecule has 18 heavy (non-hydrogen) atoms. The van der Waals surface area contributed by atoms with Crippen LogP contribution in [0.3, 0.4) is 0 Å². The minimum absolute atomic E-state index is 0.159. The lowest BCUT2D eigenvalue weighted by Gasteiger charge is -2.38. The molecule has 0 aliphatic carbocycles. The molecule has 1 fully saturated rings. The smallest absolute Gasteiger partial charge is 0.232 e. The van der Waals surface area contributed by atoms with Gasteiger partial charge >= 0.3 is 0 Å². The molecule has 0 saturated carbocycles. The van der Waals surface area contributed by atoms with Gasteiger partial charge in [0.1, 0.15) is 0 Å². The third-order valence-corrected chi connectivity index (χ3v) is 4.17. The van der Waals surface area contributed by atoms with Crippen LogP contribution in [-0.2, 0) is 10.5 Å². The summed E-state index contributed by atoms with van der Waals surface area (Å²) in [7, 11) is 0. The molecular formula is C13H16ClNO2S. The zero-order valence-corrected chi connectivity index (χ0v) is 11.6. The Balaban J connectivity index is 1.68. The van der Waals surface area contributed by atoms with Crippen LogP contribution < -0.4 is 0 Å². The van der Waals surface area contributed by atoms with E-state index >= 15 is 0 Å². The van der Waals surface area contributed by atoms with Gasteiger partial charge < -0.3 is 10.0 Å². The first-order chi connectivity index (χ1) is 8.69. The zero-order chi connectivity index (χ0) is 13.0. The van der Waals surface area contributed by atoms with E-state index in [1.807, 2.05) is 24.3 Å². The second-order valence-corrected chi connectivity index (χ2v) is 5.89. The van der Waals surface area contributed by atoms with E-state index in [2.05, 4.69) is 0 Å². The van der Waals surface area contributed by atoms with Gasteiger partial charge in [0.2, 0.25) is 5.91 Å². The highest BCUT2D eigenvalue weighted by molar-refractivity contribution is 7.99. The molecule has 0 radical (unpaired) electrons. The fourth-order valence-corrected chi connectivity index (χ4v) is 2.95. The van der Waals surface area contributed by atoms with Crippen LogP contribution in [0.4, 0.5) is 0 Å². The predicted molar refractivity (Wildman–Crippen MR) is 74.8 cm³/mol. The maximum atomic E-state index is 11.7. The van der Waals surface area contributed by atoms with E-state index in [0.717, 1.165) is 16.3 Å². The van der Waals surface area contributed by atoms with Crippen molar-refractivity contribution < 1.29 is 9.90 Å². The number of aliphatic hydroxyl groups excluding tert-OH is 1. The van der Waals surface area contributed by atoms with Crippen molar-refractivity contribution >= 4 is 29.3 Å². The second kappa shape index (κ2) is 6.45. The Morgan fingerprint density at radius 1 is 1.50 bits per heavy atom. The number of carbonyl (C=O) groups is 1. The summed E-state index contributed by atoms with van der Waals surface area (Å²) in [6, 6.07) is 7.69. The van der Waals surface area contributed by atoms with Crippen molar-refractivity contribution in [3.05, 3.63) is 34.9 Å². The minimum Gasteiger partial charge on any atom is -0.396 e. The van der Waals surface area contributed by atoms with E-state index in [4.69, 9.17) is 16.7 Å². The number of halogens is 1. The highest BCUT2D eigenvalue weighted by Gasteiger charge is 2.29. The SMILES string of the molecule is O=C(CSCc1cccc(Cl)c1)N1CC(CO)C1. The normalized spacial score (nSPS) is 15.6. The van der Waals surface area contributed by atoms with E-state index in [1.165, 1.54) is 0 Å². The molecule has 3 nitrogen and oxygen atoms in total. The second-order valence-electron chi connectivity index (χ2n) is 4.47. The topological polar surface area (TPSA) is 40.5 Å². The van der Waals surface area contributed by atoms with Crippen molar-refractivity contribution in [2.24, 2.45) is 5.92 Å². The van der Waals surface area contributed by atoms with Crippen LogP contribution in [0.25, 0.3) is 0 Å². The van der Waals surface area contributed by atoms with Crippen LogP contribution in [0.1, 0.15) is 5.56 Å². The van der Waals surface area contributed by atoms with Gasteiger partial charge in [0.25, 0.3) is 0 Å². The Kier molecular flexibility index (Phi) is 4.92. The summed E-state index contributed by atoms with van der Waals surface area (Å²) in [5, 5.41) is 9.61. The largest absolute Gasteiger partial charge is 0.396 e. The first-order valence-electron chi connectivity index (χ1n) is 5.90. The highest BCUT2D eigenvalue weighted by atomic mass is 35.5. The number of rotatable bonds is 5. The fourth-order valence-electron chi connectivity index (χ4n) is 1.86. The number of thioether (sulfide) groups is 1. The van der Waals surface area contributed by atoms with Gasteiger partial charge in [-0.1, -0.05) is 23.7 Å². The third-order valence-electron chi connectivity index (χ3n) is 2.95. The van der Waals surface area contributed by atoms with Crippen LogP contribution >= 0.6 is 23.4 Å². The maximum absolute atomic E-state index is 11.7. The molecule has 0 unspecified atom stereocenters. The maximum Gasteiger partial charge on any atom is 0.232 e. The quantitative estimate of drug-likeness (QED) is 0.900. The van der Waals surface area contributed by atoms with E-state index in [1.54, 1.807) is 16.7 Å². The average Bonchev–Trinajstić information content (AvgIpc) is 2.27. The molecular weight excluding hydrogens is 270 g/mol. The summed E-state index contributed by atoms with van der Waals surface area (Å²) in [5.41, 5.74) is 1.14. The molecule has 1 aliphatic heterocycles. The Bertz CT molecular complexity index is 421. The first-order valence-corrected chi connectivity index (χ1v) is 7.43. The summed E-state index contributed by atoms with van der Waals surface area (Å²) in [6.07, 6.45) is 0. The molecule has 5 heteroatoms. The van der Waals surface area contributed by atoms with Crippen molar-refractivity contribution in [3.8, 4) is 0 Å². The predicted octanol–water partition coefficient (Wildman–Crippen LogP) is 2.02. The van der Waals surface area contributed by atoms with E-state index in [-0.39, 0.29) is 18.4 Å². The van der Waals surface area contributed by atoms with Crippen molar-refractivity contribution in [2.75, 3.05) is 25.4 Å². The molecule has 1 aromatic rings. The Hall–Kier alpha value is -0.710. The van der Waals surface area contributed by atoms with Gasteiger partial charge in [-0.15, -0.1) is 11.8 Å². The summed E-state index contributed by atoms with van der Waals surface area (Å²) in [5.74, 6) is 1.73. The van der Waals surface area contributed by atoms with Crippen molar-refractivity contribution in [1.29, 1.82) is 0 Å². The van der Waals surface area contributed by atoms with E-state index < -0.39 is 0 Å². The number of likely N-dealkylation sites (tertiary alicyclic amines) is 1. The van der Waals surface area contributed by atoms with Crippen LogP contribution in [0, 0.1) is 5.92 Å². The van der Waals surface area contributed by atoms with Gasteiger partial charge in [-0.2, -0.15) is 0 Å². The van der Waals surface area contributed by atoms with Crippen molar-refractivity contribution in [2.45, 2.75) is 5.75 Å². The number of hydrogen-bond acceptors (Lipinski definition) is 3. The summed E-state index contributed by atoms with van der Waals surface area (Å²) in [6.45, 7) is 1.58. The molecule has 2 rings (SSSR count). The lowest BCUT2D eigenvalue weighted by molar-refractivity contribution is -0.135. The van der Waals surface area contributed by atoms with Gasteiger partial charge in [0.05, 0.1) is 5.75 Å². The highest BCUT2D eigenvalue weighted by Crippen LogP contribution is 2.19. The summed E-state index contributed by atoms with van der Waals surface area (Å²) in [4.78, 5) is 13.5. The molecule has 0 spiro atoms. The molecule has 98 valence electrons. The molecule has 1 heterocycles. The van der Waals surface area contributed by atoms with E-state index in [9.17, 15) is 4.79 Å². The Morgan fingerprint density at radius 3 is 2.94 bits per heavy atom. The number of carbonyl (C=O) groups excluding carboxylic acids is 1. The standard InChI is InChI=1S/C13H16ClNO2S/c14-12-3-1-2-10(4-12)8-18-9-13(17)15-5-11(6-15)7-16/h1-4,11,16H,5-9H2. The van der Waals surface area contributed by atoms with Gasteiger partial charge in [-0.05, 0) is 17.7 Å². The van der Waals surface area contributed by atoms with Gasteiger partial charge in [-0.25, -0.2) is 0 Å². The van der Waals surface area contributed by atoms with Gasteiger partial charge in [-0.3, -0.25) is 4.79 Å². The summed E-state index contributed by atoms with van der Waals surface area (Å²) < 4.78 is 0. The summed E-state index contributed by atoms with van der Waals surface area (Å²) >= 11 is 7.49. The lowest BCUT2D eigenvalue weighted by atomic mass is 10.0. The molecule has 0 atom stereocenters. The van der Waals surface area contributed by atoms with Gasteiger partial charge in [0.15, 0.2) is 0 Å². The Labute approximate surface area is 116 Å².